The molecule has 1 atom stereocenters. The van der Waals surface area contributed by atoms with Gasteiger partial charge in [-0.3, -0.25) is 4.79 Å². The fraction of sp³-hybridized carbons (Fsp3) is 0.346. The molecule has 2 aromatic carbocycles. The number of carbonyl (C=O) groups excluding carboxylic acids is 1. The van der Waals surface area contributed by atoms with E-state index in [4.69, 9.17) is 9.47 Å². The van der Waals surface area contributed by atoms with Gasteiger partial charge in [-0.1, -0.05) is 55.3 Å². The summed E-state index contributed by atoms with van der Waals surface area (Å²) in [5.41, 5.74) is 3.16. The van der Waals surface area contributed by atoms with Crippen LogP contribution in [0.3, 0.4) is 0 Å². The van der Waals surface area contributed by atoms with Crippen molar-refractivity contribution >= 4 is 5.97 Å². The maximum Gasteiger partial charge on any atom is 0.308 e. The Labute approximate surface area is 184 Å². The van der Waals surface area contributed by atoms with Crippen LogP contribution in [0.4, 0.5) is 0 Å². The molecule has 0 amide bonds. The van der Waals surface area contributed by atoms with Crippen molar-refractivity contribution in [2.45, 2.75) is 58.7 Å². The van der Waals surface area contributed by atoms with Crippen molar-refractivity contribution in [2.24, 2.45) is 0 Å². The van der Waals surface area contributed by atoms with Crippen LogP contribution in [-0.4, -0.2) is 22.0 Å². The van der Waals surface area contributed by atoms with Crippen molar-refractivity contribution in [3.8, 4) is 16.9 Å². The first-order valence-corrected chi connectivity index (χ1v) is 10.9. The van der Waals surface area contributed by atoms with Gasteiger partial charge in [0, 0.05) is 31.3 Å². The minimum absolute atomic E-state index is 0.267. The Bertz CT molecular complexity index is 925. The molecule has 0 spiro atoms. The molecular weight excluding hydrogens is 388 g/mol. The number of hydrogen-bond acceptors (Lipinski definition) is 5. The van der Waals surface area contributed by atoms with E-state index in [1.807, 2.05) is 42.7 Å². The summed E-state index contributed by atoms with van der Waals surface area (Å²) in [6.45, 7) is 4.21. The van der Waals surface area contributed by atoms with Crippen LogP contribution in [0.15, 0.2) is 67.0 Å². The van der Waals surface area contributed by atoms with Crippen LogP contribution in [0, 0.1) is 0 Å². The van der Waals surface area contributed by atoms with E-state index >= 15 is 0 Å². The highest BCUT2D eigenvalue weighted by atomic mass is 16.5. The molecule has 0 saturated carbocycles. The number of unbranched alkanes of at least 4 members (excludes halogenated alkanes) is 2. The first-order valence-electron chi connectivity index (χ1n) is 10.9. The molecule has 5 heteroatoms. The molecule has 0 fully saturated rings. The highest BCUT2D eigenvalue weighted by Crippen LogP contribution is 2.21. The Morgan fingerprint density at radius 1 is 0.903 bits per heavy atom. The smallest absolute Gasteiger partial charge is 0.308 e. The van der Waals surface area contributed by atoms with Crippen molar-refractivity contribution in [1.29, 1.82) is 0 Å². The van der Waals surface area contributed by atoms with E-state index in [0.29, 0.717) is 12.4 Å². The number of esters is 1. The third-order valence-electron chi connectivity index (χ3n) is 5.04. The predicted octanol–water partition coefficient (Wildman–Crippen LogP) is 5.78. The molecule has 0 saturated heterocycles. The van der Waals surface area contributed by atoms with Gasteiger partial charge >= 0.3 is 5.97 Å². The molecule has 0 aliphatic carbocycles. The summed E-state index contributed by atoms with van der Waals surface area (Å²) in [5, 5.41) is 0. The van der Waals surface area contributed by atoms with Crippen LogP contribution in [0.2, 0.25) is 0 Å². The zero-order valence-corrected chi connectivity index (χ0v) is 18.3. The van der Waals surface area contributed by atoms with Gasteiger partial charge in [0.05, 0.1) is 12.7 Å². The maximum atomic E-state index is 11.0. The summed E-state index contributed by atoms with van der Waals surface area (Å²) < 4.78 is 11.0. The first kappa shape index (κ1) is 22.6. The van der Waals surface area contributed by atoms with Crippen molar-refractivity contribution in [3.63, 3.8) is 0 Å². The summed E-state index contributed by atoms with van der Waals surface area (Å²) in [4.78, 5) is 20.0. The lowest BCUT2D eigenvalue weighted by Crippen LogP contribution is -2.08. The van der Waals surface area contributed by atoms with Gasteiger partial charge in [-0.15, -0.1) is 0 Å². The number of benzene rings is 2. The zero-order valence-electron chi connectivity index (χ0n) is 18.3. The maximum absolute atomic E-state index is 11.0. The Balaban J connectivity index is 1.34. The van der Waals surface area contributed by atoms with Crippen molar-refractivity contribution in [3.05, 3.63) is 78.4 Å². The van der Waals surface area contributed by atoms with Gasteiger partial charge in [-0.25, -0.2) is 9.97 Å². The van der Waals surface area contributed by atoms with Crippen LogP contribution in [0.1, 0.15) is 50.9 Å². The normalized spacial score (nSPS) is 11.8. The number of aromatic nitrogens is 2. The number of hydrogen-bond donors (Lipinski definition) is 0. The molecule has 1 aromatic heterocycles. The van der Waals surface area contributed by atoms with Crippen LogP contribution < -0.4 is 4.74 Å². The van der Waals surface area contributed by atoms with Crippen LogP contribution in [-0.2, 0) is 22.6 Å². The van der Waals surface area contributed by atoms with Gasteiger partial charge < -0.3 is 9.47 Å². The second-order valence-electron chi connectivity index (χ2n) is 7.71. The van der Waals surface area contributed by atoms with Crippen molar-refractivity contribution < 1.29 is 14.3 Å². The quantitative estimate of drug-likeness (QED) is 0.224. The van der Waals surface area contributed by atoms with Gasteiger partial charge in [0.1, 0.15) is 11.6 Å². The molecule has 0 N–H and O–H groups in total. The summed E-state index contributed by atoms with van der Waals surface area (Å²) >= 11 is 0. The average Bonchev–Trinajstić information content (AvgIpc) is 2.79. The molecule has 1 heterocycles. The predicted molar refractivity (Wildman–Crippen MR) is 122 cm³/mol. The van der Waals surface area contributed by atoms with Gasteiger partial charge in [-0.2, -0.15) is 0 Å². The number of nitrogens with zero attached hydrogens (tertiary/aromatic N) is 2. The highest BCUT2D eigenvalue weighted by Gasteiger charge is 2.05. The van der Waals surface area contributed by atoms with Crippen molar-refractivity contribution in [2.75, 3.05) is 0 Å². The molecule has 0 aliphatic heterocycles. The average molecular weight is 419 g/mol. The van der Waals surface area contributed by atoms with Crippen LogP contribution in [0.25, 0.3) is 11.1 Å². The Morgan fingerprint density at radius 3 is 2.29 bits per heavy atom. The van der Waals surface area contributed by atoms with E-state index in [-0.39, 0.29) is 12.1 Å². The summed E-state index contributed by atoms with van der Waals surface area (Å²) in [5.74, 6) is 1.08. The number of carbonyl (C=O) groups is 1. The molecule has 1 unspecified atom stereocenters. The summed E-state index contributed by atoms with van der Waals surface area (Å²) in [6.07, 6.45) is 9.27. The van der Waals surface area contributed by atoms with Gasteiger partial charge in [0.15, 0.2) is 0 Å². The lowest BCUT2D eigenvalue weighted by atomic mass is 10.1. The lowest BCUT2D eigenvalue weighted by Gasteiger charge is -2.13. The van der Waals surface area contributed by atoms with E-state index in [1.54, 1.807) is 12.1 Å². The van der Waals surface area contributed by atoms with E-state index in [0.717, 1.165) is 49.1 Å². The van der Waals surface area contributed by atoms with E-state index in [1.165, 1.54) is 12.5 Å². The molecule has 3 aromatic rings. The third-order valence-corrected chi connectivity index (χ3v) is 5.04. The largest absolute Gasteiger partial charge is 0.427 e. The molecular formula is C26H30N2O3. The number of rotatable bonds is 11. The molecule has 162 valence electrons. The fourth-order valence-electron chi connectivity index (χ4n) is 3.30. The van der Waals surface area contributed by atoms with Gasteiger partial charge in [-0.05, 0) is 43.0 Å². The second kappa shape index (κ2) is 12.0. The second-order valence-corrected chi connectivity index (χ2v) is 7.71. The van der Waals surface area contributed by atoms with Crippen LogP contribution in [0.5, 0.6) is 5.75 Å². The van der Waals surface area contributed by atoms with E-state index in [2.05, 4.69) is 29.0 Å². The lowest BCUT2D eigenvalue weighted by molar-refractivity contribution is -0.131. The highest BCUT2D eigenvalue weighted by molar-refractivity contribution is 5.70. The molecule has 5 nitrogen and oxygen atoms in total. The van der Waals surface area contributed by atoms with Gasteiger partial charge in [0.25, 0.3) is 0 Å². The summed E-state index contributed by atoms with van der Waals surface area (Å²) in [7, 11) is 0. The third kappa shape index (κ3) is 7.95. The van der Waals surface area contributed by atoms with Gasteiger partial charge in [0.2, 0.25) is 0 Å². The monoisotopic (exact) mass is 418 g/mol. The van der Waals surface area contributed by atoms with Crippen LogP contribution >= 0.6 is 0 Å². The Morgan fingerprint density at radius 2 is 1.61 bits per heavy atom. The zero-order chi connectivity index (χ0) is 21.9. The Hall–Kier alpha value is -3.05. The van der Waals surface area contributed by atoms with E-state index in [9.17, 15) is 4.79 Å². The standard InChI is InChI=1S/C26H30N2O3/c1-20(30-19-22-10-6-4-7-11-22)9-5-3-8-12-26-27-17-24(18-28-26)23-13-15-25(16-14-23)31-21(2)29/h4,6-7,10-11,13-18,20H,3,5,8-9,12,19H2,1-2H3. The molecule has 0 radical (unpaired) electrons. The van der Waals surface area contributed by atoms with E-state index < -0.39 is 0 Å². The fourth-order valence-corrected chi connectivity index (χ4v) is 3.30. The molecule has 0 bridgehead atoms. The molecule has 31 heavy (non-hydrogen) atoms. The minimum atomic E-state index is -0.324. The number of ether oxygens (including phenoxy) is 2. The topological polar surface area (TPSA) is 61.3 Å². The molecule has 0 aliphatic rings. The Kier molecular flexibility index (Phi) is 8.73. The SMILES string of the molecule is CC(=O)Oc1ccc(-c2cnc(CCCCCC(C)OCc3ccccc3)nc2)cc1. The number of aryl methyl sites for hydroxylation is 1. The van der Waals surface area contributed by atoms with Crippen molar-refractivity contribution in [1.82, 2.24) is 9.97 Å². The minimum Gasteiger partial charge on any atom is -0.427 e. The first-order chi connectivity index (χ1) is 15.1. The molecule has 3 rings (SSSR count). The summed E-state index contributed by atoms with van der Waals surface area (Å²) in [6, 6.07) is 17.6.